The van der Waals surface area contributed by atoms with E-state index >= 15 is 0 Å². The Morgan fingerprint density at radius 2 is 1.79 bits per heavy atom. The van der Waals surface area contributed by atoms with Gasteiger partial charge in [-0.15, -0.1) is 0 Å². The summed E-state index contributed by atoms with van der Waals surface area (Å²) >= 11 is 0. The van der Waals surface area contributed by atoms with Gasteiger partial charge < -0.3 is 10.2 Å². The monoisotopic (exact) mass is 406 g/mol. The van der Waals surface area contributed by atoms with Crippen molar-refractivity contribution in [3.8, 4) is 0 Å². The topological polar surface area (TPSA) is 83.6 Å². The summed E-state index contributed by atoms with van der Waals surface area (Å²) in [7, 11) is -3.12. The second kappa shape index (κ2) is 8.64. The van der Waals surface area contributed by atoms with E-state index in [2.05, 4.69) is 5.32 Å². The number of nitrogens with one attached hydrogen (secondary N) is 1. The van der Waals surface area contributed by atoms with Crippen LogP contribution in [0.25, 0.3) is 0 Å². The molecule has 2 aliphatic rings. The third-order valence-corrected chi connectivity index (χ3v) is 7.23. The fourth-order valence-electron chi connectivity index (χ4n) is 4.32. The highest BCUT2D eigenvalue weighted by Gasteiger charge is 2.49. The molecule has 2 amide bonds. The molecule has 0 radical (unpaired) electrons. The molecule has 28 heavy (non-hydrogen) atoms. The first-order valence-electron chi connectivity index (χ1n) is 10.1. The number of hydrogen-bond acceptors (Lipinski definition) is 4. The SMILES string of the molecule is CS(=O)(=O)CCC(=O)N1CCC2(CCC2NC(=O)CCc2ccccc2)CC1. The standard InChI is InChI=1S/C21H30N2O4S/c1-28(26,27)16-10-20(25)23-14-12-21(13-15-23)11-9-18(21)22-19(24)8-7-17-5-3-2-4-6-17/h2-6,18H,7-16H2,1H3,(H,22,24). The predicted molar refractivity (Wildman–Crippen MR) is 109 cm³/mol. The van der Waals surface area contributed by atoms with Crippen molar-refractivity contribution in [1.29, 1.82) is 0 Å². The smallest absolute Gasteiger partial charge is 0.223 e. The second-order valence-electron chi connectivity index (χ2n) is 8.27. The van der Waals surface area contributed by atoms with Gasteiger partial charge in [0.15, 0.2) is 0 Å². The van der Waals surface area contributed by atoms with Gasteiger partial charge in [-0.2, -0.15) is 0 Å². The molecule has 1 N–H and O–H groups in total. The van der Waals surface area contributed by atoms with Gasteiger partial charge in [0.2, 0.25) is 11.8 Å². The highest BCUT2D eigenvalue weighted by Crippen LogP contribution is 2.49. The zero-order chi connectivity index (χ0) is 20.2. The van der Waals surface area contributed by atoms with Gasteiger partial charge in [0.05, 0.1) is 5.75 Å². The van der Waals surface area contributed by atoms with Crippen LogP contribution < -0.4 is 5.32 Å². The van der Waals surface area contributed by atoms with E-state index in [-0.39, 0.29) is 35.4 Å². The molecule has 1 heterocycles. The minimum absolute atomic E-state index is 0.0610. The van der Waals surface area contributed by atoms with E-state index in [1.54, 1.807) is 4.90 Å². The van der Waals surface area contributed by atoms with E-state index in [9.17, 15) is 18.0 Å². The number of carbonyl (C=O) groups excluding carboxylic acids is 2. The van der Waals surface area contributed by atoms with Crippen LogP contribution in [0.2, 0.25) is 0 Å². The Balaban J connectivity index is 1.43. The van der Waals surface area contributed by atoms with Crippen molar-refractivity contribution in [2.24, 2.45) is 5.41 Å². The number of amides is 2. The van der Waals surface area contributed by atoms with Crippen molar-refractivity contribution in [1.82, 2.24) is 10.2 Å². The van der Waals surface area contributed by atoms with Crippen LogP contribution in [0, 0.1) is 5.41 Å². The molecule has 1 aromatic carbocycles. The van der Waals surface area contributed by atoms with Gasteiger partial charge in [0.1, 0.15) is 9.84 Å². The van der Waals surface area contributed by atoms with E-state index < -0.39 is 9.84 Å². The zero-order valence-electron chi connectivity index (χ0n) is 16.5. The quantitative estimate of drug-likeness (QED) is 0.750. The normalized spacial score (nSPS) is 21.2. The highest BCUT2D eigenvalue weighted by atomic mass is 32.2. The van der Waals surface area contributed by atoms with E-state index in [4.69, 9.17) is 0 Å². The molecule has 1 aromatic rings. The summed E-state index contributed by atoms with van der Waals surface area (Å²) in [5, 5.41) is 3.21. The molecule has 7 heteroatoms. The molecule has 2 fully saturated rings. The zero-order valence-corrected chi connectivity index (χ0v) is 17.3. The van der Waals surface area contributed by atoms with Gasteiger partial charge in [-0.3, -0.25) is 9.59 Å². The van der Waals surface area contributed by atoms with Crippen molar-refractivity contribution < 1.29 is 18.0 Å². The first-order valence-corrected chi connectivity index (χ1v) is 12.1. The fourth-order valence-corrected chi connectivity index (χ4v) is 4.87. The van der Waals surface area contributed by atoms with Crippen LogP contribution in [0.4, 0.5) is 0 Å². The summed E-state index contributed by atoms with van der Waals surface area (Å²) in [6.07, 6.45) is 6.29. The minimum atomic E-state index is -3.12. The molecule has 3 rings (SSSR count). The van der Waals surface area contributed by atoms with Gasteiger partial charge in [-0.05, 0) is 43.1 Å². The number of nitrogens with zero attached hydrogens (tertiary/aromatic N) is 1. The maximum atomic E-state index is 12.4. The molecular formula is C21H30N2O4S. The minimum Gasteiger partial charge on any atom is -0.353 e. The number of benzene rings is 1. The van der Waals surface area contributed by atoms with Crippen molar-refractivity contribution in [3.05, 3.63) is 35.9 Å². The van der Waals surface area contributed by atoms with E-state index in [1.165, 1.54) is 5.56 Å². The van der Waals surface area contributed by atoms with Crippen LogP contribution in [0.1, 0.15) is 44.1 Å². The Bertz CT molecular complexity index is 799. The lowest BCUT2D eigenvalue weighted by molar-refractivity contribution is -0.136. The molecule has 0 bridgehead atoms. The average Bonchev–Trinajstić information content (AvgIpc) is 2.68. The average molecular weight is 407 g/mol. The largest absolute Gasteiger partial charge is 0.353 e. The van der Waals surface area contributed by atoms with Gasteiger partial charge in [-0.1, -0.05) is 30.3 Å². The van der Waals surface area contributed by atoms with Crippen molar-refractivity contribution in [3.63, 3.8) is 0 Å². The Morgan fingerprint density at radius 1 is 1.11 bits per heavy atom. The lowest BCUT2D eigenvalue weighted by Crippen LogP contribution is -2.59. The summed E-state index contributed by atoms with van der Waals surface area (Å²) in [5.74, 6) is -0.0734. The van der Waals surface area contributed by atoms with Crippen molar-refractivity contribution in [2.45, 2.75) is 51.0 Å². The van der Waals surface area contributed by atoms with Crippen LogP contribution >= 0.6 is 0 Å². The van der Waals surface area contributed by atoms with E-state index in [0.29, 0.717) is 19.5 Å². The van der Waals surface area contributed by atoms with Crippen LogP contribution in [0.15, 0.2) is 30.3 Å². The molecule has 1 spiro atoms. The lowest BCUT2D eigenvalue weighted by Gasteiger charge is -2.54. The van der Waals surface area contributed by atoms with Crippen LogP contribution in [0.3, 0.4) is 0 Å². The molecule has 1 aliphatic carbocycles. The first kappa shape index (κ1) is 20.8. The molecule has 1 saturated heterocycles. The van der Waals surface area contributed by atoms with E-state index in [1.807, 2.05) is 30.3 Å². The predicted octanol–water partition coefficient (Wildman–Crippen LogP) is 1.94. The van der Waals surface area contributed by atoms with Crippen LogP contribution in [-0.4, -0.2) is 56.3 Å². The van der Waals surface area contributed by atoms with Gasteiger partial charge in [0.25, 0.3) is 0 Å². The number of hydrogen-bond donors (Lipinski definition) is 1. The van der Waals surface area contributed by atoms with Crippen LogP contribution in [-0.2, 0) is 25.8 Å². The summed E-state index contributed by atoms with van der Waals surface area (Å²) in [6.45, 7) is 1.30. The molecule has 1 saturated carbocycles. The summed E-state index contributed by atoms with van der Waals surface area (Å²) in [5.41, 5.74) is 1.28. The van der Waals surface area contributed by atoms with Gasteiger partial charge >= 0.3 is 0 Å². The van der Waals surface area contributed by atoms with E-state index in [0.717, 1.165) is 38.4 Å². The summed E-state index contributed by atoms with van der Waals surface area (Å²) < 4.78 is 22.5. The third-order valence-electron chi connectivity index (χ3n) is 6.29. The number of rotatable bonds is 7. The number of piperidine rings is 1. The lowest BCUT2D eigenvalue weighted by atomic mass is 9.59. The number of sulfone groups is 1. The number of carbonyl (C=O) groups is 2. The Labute approximate surface area is 167 Å². The Hall–Kier alpha value is -1.89. The maximum absolute atomic E-state index is 12.4. The van der Waals surface area contributed by atoms with Crippen molar-refractivity contribution >= 4 is 21.7 Å². The summed E-state index contributed by atoms with van der Waals surface area (Å²) in [6, 6.07) is 10.2. The molecule has 154 valence electrons. The Morgan fingerprint density at radius 3 is 2.36 bits per heavy atom. The first-order chi connectivity index (χ1) is 13.3. The molecule has 1 aliphatic heterocycles. The Kier molecular flexibility index (Phi) is 6.43. The maximum Gasteiger partial charge on any atom is 0.223 e. The third kappa shape index (κ3) is 5.34. The number of likely N-dealkylation sites (tertiary alicyclic amines) is 1. The van der Waals surface area contributed by atoms with Gasteiger partial charge in [-0.25, -0.2) is 8.42 Å². The molecule has 1 unspecified atom stereocenters. The van der Waals surface area contributed by atoms with Crippen LogP contribution in [0.5, 0.6) is 0 Å². The molecular weight excluding hydrogens is 376 g/mol. The summed E-state index contributed by atoms with van der Waals surface area (Å²) in [4.78, 5) is 26.4. The molecule has 1 atom stereocenters. The van der Waals surface area contributed by atoms with Crippen molar-refractivity contribution in [2.75, 3.05) is 25.1 Å². The highest BCUT2D eigenvalue weighted by molar-refractivity contribution is 7.90. The fraction of sp³-hybridized carbons (Fsp3) is 0.619. The molecule has 0 aromatic heterocycles. The second-order valence-corrected chi connectivity index (χ2v) is 10.5. The van der Waals surface area contributed by atoms with Gasteiger partial charge in [0, 0.05) is 38.2 Å². The molecule has 6 nitrogen and oxygen atoms in total. The number of aryl methyl sites for hydroxylation is 1.